The molecule has 1 aromatic carbocycles. The Morgan fingerprint density at radius 1 is 1.28 bits per heavy atom. The number of aromatic nitrogens is 1. The topological polar surface area (TPSA) is 68.0 Å². The molecule has 3 N–H and O–H groups in total. The quantitative estimate of drug-likeness (QED) is 0.794. The molecule has 2 rings (SSSR count). The highest BCUT2D eigenvalue weighted by Crippen LogP contribution is 2.17. The van der Waals surface area contributed by atoms with Gasteiger partial charge in [0.1, 0.15) is 5.82 Å². The summed E-state index contributed by atoms with van der Waals surface area (Å²) in [4.78, 5) is 16.2. The highest BCUT2D eigenvalue weighted by atomic mass is 16.1. The summed E-state index contributed by atoms with van der Waals surface area (Å²) in [6.07, 6.45) is 1.66. The fourth-order valence-electron chi connectivity index (χ4n) is 1.78. The van der Waals surface area contributed by atoms with E-state index in [1.807, 2.05) is 38.1 Å². The number of carbonyl (C=O) groups is 1. The first-order valence-electron chi connectivity index (χ1n) is 5.67. The van der Waals surface area contributed by atoms with E-state index in [4.69, 9.17) is 5.73 Å². The summed E-state index contributed by atoms with van der Waals surface area (Å²) >= 11 is 0. The van der Waals surface area contributed by atoms with Crippen molar-refractivity contribution in [2.45, 2.75) is 13.8 Å². The van der Waals surface area contributed by atoms with Gasteiger partial charge in [-0.2, -0.15) is 0 Å². The molecule has 0 bridgehead atoms. The average Bonchev–Trinajstić information content (AvgIpc) is 2.28. The number of carbonyl (C=O) groups excluding carboxylic acids is 1. The van der Waals surface area contributed by atoms with Crippen molar-refractivity contribution < 1.29 is 4.79 Å². The van der Waals surface area contributed by atoms with Gasteiger partial charge in [-0.15, -0.1) is 0 Å². The number of nitrogens with two attached hydrogens (primary N) is 1. The average molecular weight is 241 g/mol. The number of pyridine rings is 1. The molecule has 0 spiro atoms. The minimum Gasteiger partial charge on any atom is -0.398 e. The molecule has 0 aliphatic carbocycles. The number of hydrogen-bond acceptors (Lipinski definition) is 3. The summed E-state index contributed by atoms with van der Waals surface area (Å²) < 4.78 is 0. The van der Waals surface area contributed by atoms with Crippen LogP contribution < -0.4 is 11.1 Å². The second kappa shape index (κ2) is 4.87. The SMILES string of the molecule is Cc1ccnc(NC(=O)c2c(C)cccc2N)c1. The first-order chi connectivity index (χ1) is 8.58. The summed E-state index contributed by atoms with van der Waals surface area (Å²) in [7, 11) is 0. The van der Waals surface area contributed by atoms with Crippen LogP contribution in [0.4, 0.5) is 11.5 Å². The van der Waals surface area contributed by atoms with E-state index in [0.717, 1.165) is 11.1 Å². The molecule has 0 unspecified atom stereocenters. The zero-order chi connectivity index (χ0) is 13.1. The lowest BCUT2D eigenvalue weighted by molar-refractivity contribution is 0.102. The maximum Gasteiger partial charge on any atom is 0.259 e. The summed E-state index contributed by atoms with van der Waals surface area (Å²) in [5.41, 5.74) is 8.68. The summed E-state index contributed by atoms with van der Waals surface area (Å²) in [6, 6.07) is 9.08. The van der Waals surface area contributed by atoms with E-state index >= 15 is 0 Å². The zero-order valence-electron chi connectivity index (χ0n) is 10.4. The Bertz CT molecular complexity index is 573. The fraction of sp³-hybridized carbons (Fsp3) is 0.143. The van der Waals surface area contributed by atoms with Crippen LogP contribution in [0.1, 0.15) is 21.5 Å². The van der Waals surface area contributed by atoms with Gasteiger partial charge < -0.3 is 11.1 Å². The van der Waals surface area contributed by atoms with Gasteiger partial charge in [-0.25, -0.2) is 4.98 Å². The highest BCUT2D eigenvalue weighted by Gasteiger charge is 2.12. The lowest BCUT2D eigenvalue weighted by Crippen LogP contribution is -2.16. The van der Waals surface area contributed by atoms with Gasteiger partial charge in [-0.05, 0) is 43.2 Å². The number of anilines is 2. The van der Waals surface area contributed by atoms with Gasteiger partial charge in [0.25, 0.3) is 5.91 Å². The molecule has 0 atom stereocenters. The maximum absolute atomic E-state index is 12.1. The van der Waals surface area contributed by atoms with Crippen molar-refractivity contribution in [3.05, 3.63) is 53.2 Å². The Morgan fingerprint density at radius 2 is 2.06 bits per heavy atom. The zero-order valence-corrected chi connectivity index (χ0v) is 10.4. The van der Waals surface area contributed by atoms with E-state index in [1.54, 1.807) is 12.3 Å². The number of aryl methyl sites for hydroxylation is 2. The van der Waals surface area contributed by atoms with Crippen LogP contribution in [-0.4, -0.2) is 10.9 Å². The summed E-state index contributed by atoms with van der Waals surface area (Å²) in [6.45, 7) is 3.80. The molecule has 0 radical (unpaired) electrons. The minimum absolute atomic E-state index is 0.233. The van der Waals surface area contributed by atoms with Crippen LogP contribution in [0.2, 0.25) is 0 Å². The predicted molar refractivity (Wildman–Crippen MR) is 72.5 cm³/mol. The molecule has 4 nitrogen and oxygen atoms in total. The number of nitrogens with zero attached hydrogens (tertiary/aromatic N) is 1. The van der Waals surface area contributed by atoms with E-state index < -0.39 is 0 Å². The predicted octanol–water partition coefficient (Wildman–Crippen LogP) is 2.53. The van der Waals surface area contributed by atoms with Crippen molar-refractivity contribution in [3.8, 4) is 0 Å². The van der Waals surface area contributed by atoms with Crippen molar-refractivity contribution in [2.75, 3.05) is 11.1 Å². The van der Waals surface area contributed by atoms with Gasteiger partial charge in [-0.3, -0.25) is 4.79 Å². The molecule has 0 aliphatic heterocycles. The molecule has 0 aliphatic rings. The second-order valence-electron chi connectivity index (χ2n) is 4.21. The molecule has 0 saturated heterocycles. The second-order valence-corrected chi connectivity index (χ2v) is 4.21. The largest absolute Gasteiger partial charge is 0.398 e. The third-order valence-corrected chi connectivity index (χ3v) is 2.69. The van der Waals surface area contributed by atoms with E-state index in [9.17, 15) is 4.79 Å². The third kappa shape index (κ3) is 2.48. The molecule has 1 heterocycles. The third-order valence-electron chi connectivity index (χ3n) is 2.69. The molecular weight excluding hydrogens is 226 g/mol. The van der Waals surface area contributed by atoms with Gasteiger partial charge in [0, 0.05) is 11.9 Å². The summed E-state index contributed by atoms with van der Waals surface area (Å²) in [5, 5.41) is 2.75. The fourth-order valence-corrected chi connectivity index (χ4v) is 1.78. The van der Waals surface area contributed by atoms with Gasteiger partial charge in [0.05, 0.1) is 5.56 Å². The normalized spacial score (nSPS) is 10.1. The number of benzene rings is 1. The Kier molecular flexibility index (Phi) is 3.28. The molecule has 4 heteroatoms. The van der Waals surface area contributed by atoms with Crippen molar-refractivity contribution in [1.82, 2.24) is 4.98 Å². The Balaban J connectivity index is 2.28. The van der Waals surface area contributed by atoms with E-state index in [1.165, 1.54) is 0 Å². The molecule has 1 amide bonds. The monoisotopic (exact) mass is 241 g/mol. The van der Waals surface area contributed by atoms with Crippen LogP contribution in [0, 0.1) is 13.8 Å². The lowest BCUT2D eigenvalue weighted by atomic mass is 10.1. The van der Waals surface area contributed by atoms with Crippen LogP contribution >= 0.6 is 0 Å². The smallest absolute Gasteiger partial charge is 0.259 e. The Labute approximate surface area is 106 Å². The Hall–Kier alpha value is -2.36. The molecule has 92 valence electrons. The van der Waals surface area contributed by atoms with Gasteiger partial charge in [0.15, 0.2) is 0 Å². The van der Waals surface area contributed by atoms with E-state index in [2.05, 4.69) is 10.3 Å². The van der Waals surface area contributed by atoms with Crippen molar-refractivity contribution in [2.24, 2.45) is 0 Å². The maximum atomic E-state index is 12.1. The van der Waals surface area contributed by atoms with Crippen LogP contribution in [0.5, 0.6) is 0 Å². The molecular formula is C14H15N3O. The molecule has 1 aromatic heterocycles. The van der Waals surface area contributed by atoms with Crippen LogP contribution in [0.15, 0.2) is 36.5 Å². The first kappa shape index (κ1) is 12.1. The molecule has 2 aromatic rings. The van der Waals surface area contributed by atoms with Crippen molar-refractivity contribution in [3.63, 3.8) is 0 Å². The van der Waals surface area contributed by atoms with Crippen LogP contribution in [0.25, 0.3) is 0 Å². The Morgan fingerprint density at radius 3 is 2.72 bits per heavy atom. The van der Waals surface area contributed by atoms with Gasteiger partial charge >= 0.3 is 0 Å². The first-order valence-corrected chi connectivity index (χ1v) is 5.67. The van der Waals surface area contributed by atoms with E-state index in [0.29, 0.717) is 17.1 Å². The lowest BCUT2D eigenvalue weighted by Gasteiger charge is -2.09. The number of nitrogen functional groups attached to an aromatic ring is 1. The number of amides is 1. The van der Waals surface area contributed by atoms with E-state index in [-0.39, 0.29) is 5.91 Å². The number of hydrogen-bond donors (Lipinski definition) is 2. The van der Waals surface area contributed by atoms with Crippen LogP contribution in [0.3, 0.4) is 0 Å². The van der Waals surface area contributed by atoms with Crippen molar-refractivity contribution >= 4 is 17.4 Å². The minimum atomic E-state index is -0.233. The van der Waals surface area contributed by atoms with Gasteiger partial charge in [0.2, 0.25) is 0 Å². The standard InChI is InChI=1S/C14H15N3O/c1-9-6-7-16-12(8-9)17-14(18)13-10(2)4-3-5-11(13)15/h3-8H,15H2,1-2H3,(H,16,17,18). The van der Waals surface area contributed by atoms with Gasteiger partial charge in [-0.1, -0.05) is 12.1 Å². The van der Waals surface area contributed by atoms with Crippen LogP contribution in [-0.2, 0) is 0 Å². The van der Waals surface area contributed by atoms with Crippen molar-refractivity contribution in [1.29, 1.82) is 0 Å². The number of rotatable bonds is 2. The highest BCUT2D eigenvalue weighted by molar-refractivity contribution is 6.08. The summed E-state index contributed by atoms with van der Waals surface area (Å²) in [5.74, 6) is 0.298. The molecule has 18 heavy (non-hydrogen) atoms. The number of nitrogens with one attached hydrogen (secondary N) is 1. The molecule has 0 fully saturated rings. The molecule has 0 saturated carbocycles.